The average molecular weight is 201 g/mol. The van der Waals surface area contributed by atoms with E-state index in [4.69, 9.17) is 0 Å². The van der Waals surface area contributed by atoms with Gasteiger partial charge in [0.1, 0.15) is 0 Å². The van der Waals surface area contributed by atoms with Crippen molar-refractivity contribution in [3.8, 4) is 0 Å². The fourth-order valence-corrected chi connectivity index (χ4v) is 1.33. The summed E-state index contributed by atoms with van der Waals surface area (Å²) in [5, 5.41) is 9.97. The Morgan fingerprint density at radius 3 is 2.29 bits per heavy atom. The Bertz CT molecular complexity index is 180. The van der Waals surface area contributed by atoms with Crippen LogP contribution in [0.4, 0.5) is 0 Å². The van der Waals surface area contributed by atoms with E-state index in [0.29, 0.717) is 6.42 Å². The van der Waals surface area contributed by atoms with E-state index in [2.05, 4.69) is 6.92 Å². The summed E-state index contributed by atoms with van der Waals surface area (Å²) in [7, 11) is 0. The van der Waals surface area contributed by atoms with Crippen molar-refractivity contribution in [2.24, 2.45) is 0 Å². The molecule has 4 heteroatoms. The van der Waals surface area contributed by atoms with Crippen LogP contribution >= 0.6 is 0 Å². The molecule has 0 unspecified atom stereocenters. The van der Waals surface area contributed by atoms with E-state index in [9.17, 15) is 14.9 Å². The smallest absolute Gasteiger partial charge is 0.261 e. The van der Waals surface area contributed by atoms with Crippen molar-refractivity contribution in [3.63, 3.8) is 0 Å². The minimum Gasteiger partial charge on any atom is -0.292 e. The van der Waals surface area contributed by atoms with Crippen LogP contribution in [0.2, 0.25) is 0 Å². The Hall–Kier alpha value is -0.930. The lowest BCUT2D eigenvalue weighted by Gasteiger charge is -1.98. The number of hydrogen-bond acceptors (Lipinski definition) is 3. The molecule has 0 amide bonds. The molecule has 0 saturated carbocycles. The first-order valence-corrected chi connectivity index (χ1v) is 5.30. The summed E-state index contributed by atoms with van der Waals surface area (Å²) < 4.78 is 0. The Morgan fingerprint density at radius 1 is 1.14 bits per heavy atom. The standard InChI is InChI=1S/C10H19NO3/c1-2-3-4-5-6-7-8-10(12)9-11(13)14/h2-9H2,1H3. The highest BCUT2D eigenvalue weighted by atomic mass is 16.6. The van der Waals surface area contributed by atoms with Crippen LogP contribution in [0.3, 0.4) is 0 Å². The number of nitro groups is 1. The maximum Gasteiger partial charge on any atom is 0.261 e. The Balaban J connectivity index is 3.19. The number of carbonyl (C=O) groups excluding carboxylic acids is 1. The predicted octanol–water partition coefficient (Wildman–Crippen LogP) is 2.58. The Morgan fingerprint density at radius 2 is 1.71 bits per heavy atom. The van der Waals surface area contributed by atoms with Gasteiger partial charge in [-0.15, -0.1) is 0 Å². The molecule has 0 heterocycles. The van der Waals surface area contributed by atoms with Gasteiger partial charge in [0.2, 0.25) is 5.78 Å². The maximum absolute atomic E-state index is 10.9. The molecule has 14 heavy (non-hydrogen) atoms. The maximum atomic E-state index is 10.9. The first-order valence-electron chi connectivity index (χ1n) is 5.30. The van der Waals surface area contributed by atoms with Gasteiger partial charge in [-0.2, -0.15) is 0 Å². The summed E-state index contributed by atoms with van der Waals surface area (Å²) >= 11 is 0. The topological polar surface area (TPSA) is 60.2 Å². The van der Waals surface area contributed by atoms with Crippen molar-refractivity contribution in [1.29, 1.82) is 0 Å². The number of hydrogen-bond donors (Lipinski definition) is 0. The summed E-state index contributed by atoms with van der Waals surface area (Å²) in [5.74, 6) is -0.245. The number of rotatable bonds is 9. The lowest BCUT2D eigenvalue weighted by molar-refractivity contribution is -0.467. The number of carbonyl (C=O) groups is 1. The van der Waals surface area contributed by atoms with Gasteiger partial charge in [-0.05, 0) is 6.42 Å². The van der Waals surface area contributed by atoms with E-state index in [1.165, 1.54) is 19.3 Å². The predicted molar refractivity (Wildman–Crippen MR) is 54.9 cm³/mol. The van der Waals surface area contributed by atoms with Crippen LogP contribution in [0, 0.1) is 10.1 Å². The lowest BCUT2D eigenvalue weighted by atomic mass is 10.1. The van der Waals surface area contributed by atoms with Crippen molar-refractivity contribution in [1.82, 2.24) is 0 Å². The third kappa shape index (κ3) is 9.16. The van der Waals surface area contributed by atoms with Crippen molar-refractivity contribution in [2.75, 3.05) is 6.54 Å². The molecular formula is C10H19NO3. The van der Waals surface area contributed by atoms with Crippen molar-refractivity contribution in [3.05, 3.63) is 10.1 Å². The van der Waals surface area contributed by atoms with Gasteiger partial charge in [-0.1, -0.05) is 39.0 Å². The SMILES string of the molecule is CCCCCCCCC(=O)C[N+](=O)[O-]. The first kappa shape index (κ1) is 13.1. The minimum absolute atomic E-state index is 0.245. The van der Waals surface area contributed by atoms with E-state index in [0.717, 1.165) is 19.3 Å². The second kappa shape index (κ2) is 8.66. The van der Waals surface area contributed by atoms with Gasteiger partial charge in [0.05, 0.1) is 0 Å². The monoisotopic (exact) mass is 201 g/mol. The third-order valence-corrected chi connectivity index (χ3v) is 2.11. The Kier molecular flexibility index (Phi) is 8.08. The molecule has 0 atom stereocenters. The van der Waals surface area contributed by atoms with Crippen molar-refractivity contribution < 1.29 is 9.72 Å². The molecule has 0 saturated heterocycles. The van der Waals surface area contributed by atoms with Crippen LogP contribution in [0.5, 0.6) is 0 Å². The van der Waals surface area contributed by atoms with E-state index in [1.807, 2.05) is 0 Å². The van der Waals surface area contributed by atoms with Gasteiger partial charge < -0.3 is 0 Å². The van der Waals surface area contributed by atoms with E-state index in [1.54, 1.807) is 0 Å². The first-order chi connectivity index (χ1) is 6.66. The zero-order valence-corrected chi connectivity index (χ0v) is 8.83. The average Bonchev–Trinajstić information content (AvgIpc) is 2.10. The van der Waals surface area contributed by atoms with Crippen molar-refractivity contribution in [2.45, 2.75) is 51.9 Å². The second-order valence-electron chi connectivity index (χ2n) is 3.55. The van der Waals surface area contributed by atoms with Crippen LogP contribution in [0.15, 0.2) is 0 Å². The van der Waals surface area contributed by atoms with Crippen LogP contribution in [0.25, 0.3) is 0 Å². The number of Topliss-reactive ketones (excluding diaryl/α,β-unsaturated/α-hetero) is 1. The Labute approximate surface area is 84.8 Å². The molecule has 0 N–H and O–H groups in total. The highest BCUT2D eigenvalue weighted by Gasteiger charge is 2.08. The van der Waals surface area contributed by atoms with Gasteiger partial charge in [0.25, 0.3) is 6.54 Å². The molecular weight excluding hydrogens is 182 g/mol. The molecule has 0 aromatic heterocycles. The van der Waals surface area contributed by atoms with Gasteiger partial charge in [0, 0.05) is 11.3 Å². The molecule has 0 radical (unpaired) electrons. The molecule has 0 aliphatic rings. The summed E-state index contributed by atoms with van der Waals surface area (Å²) in [6, 6.07) is 0. The van der Waals surface area contributed by atoms with E-state index >= 15 is 0 Å². The van der Waals surface area contributed by atoms with Crippen LogP contribution < -0.4 is 0 Å². The fraction of sp³-hybridized carbons (Fsp3) is 0.900. The molecule has 0 fully saturated rings. The number of nitrogens with zero attached hydrogens (tertiary/aromatic N) is 1. The lowest BCUT2D eigenvalue weighted by Crippen LogP contribution is -2.12. The molecule has 0 aromatic carbocycles. The van der Waals surface area contributed by atoms with E-state index in [-0.39, 0.29) is 5.78 Å². The molecule has 0 rings (SSSR count). The fourth-order valence-electron chi connectivity index (χ4n) is 1.33. The van der Waals surface area contributed by atoms with Gasteiger partial charge in [-0.25, -0.2) is 0 Å². The number of ketones is 1. The van der Waals surface area contributed by atoms with Gasteiger partial charge in [0.15, 0.2) is 0 Å². The van der Waals surface area contributed by atoms with Gasteiger partial charge >= 0.3 is 0 Å². The summed E-state index contributed by atoms with van der Waals surface area (Å²) in [6.07, 6.45) is 6.98. The zero-order chi connectivity index (χ0) is 10.8. The second-order valence-corrected chi connectivity index (χ2v) is 3.55. The highest BCUT2D eigenvalue weighted by molar-refractivity contribution is 5.79. The summed E-state index contributed by atoms with van der Waals surface area (Å²) in [6.45, 7) is 1.65. The molecule has 0 aromatic rings. The largest absolute Gasteiger partial charge is 0.292 e. The molecule has 82 valence electrons. The summed E-state index contributed by atoms with van der Waals surface area (Å²) in [4.78, 5) is 20.3. The van der Waals surface area contributed by atoms with E-state index < -0.39 is 11.5 Å². The van der Waals surface area contributed by atoms with Crippen LogP contribution in [-0.2, 0) is 4.79 Å². The quantitative estimate of drug-likeness (QED) is 0.327. The molecule has 0 aliphatic carbocycles. The molecule has 0 aliphatic heterocycles. The van der Waals surface area contributed by atoms with Crippen molar-refractivity contribution >= 4 is 5.78 Å². The minimum atomic E-state index is -0.556. The molecule has 0 spiro atoms. The van der Waals surface area contributed by atoms with Gasteiger partial charge in [-0.3, -0.25) is 14.9 Å². The molecule has 0 bridgehead atoms. The normalized spacial score (nSPS) is 10.1. The number of unbranched alkanes of at least 4 members (excludes halogenated alkanes) is 5. The van der Waals surface area contributed by atoms with Crippen LogP contribution in [-0.4, -0.2) is 17.3 Å². The zero-order valence-electron chi connectivity index (χ0n) is 8.83. The molecule has 4 nitrogen and oxygen atoms in total. The van der Waals surface area contributed by atoms with Crippen LogP contribution in [0.1, 0.15) is 51.9 Å². The third-order valence-electron chi connectivity index (χ3n) is 2.11. The summed E-state index contributed by atoms with van der Waals surface area (Å²) in [5.41, 5.74) is 0. The highest BCUT2D eigenvalue weighted by Crippen LogP contribution is 2.06.